The summed E-state index contributed by atoms with van der Waals surface area (Å²) in [6, 6.07) is 8.20. The van der Waals surface area contributed by atoms with Gasteiger partial charge in [-0.15, -0.1) is 0 Å². The average Bonchev–Trinajstić information content (AvgIpc) is 2.16. The van der Waals surface area contributed by atoms with Gasteiger partial charge in [0.2, 0.25) is 0 Å². The third-order valence-electron chi connectivity index (χ3n) is 1.91. The molecule has 1 aromatic carbocycles. The summed E-state index contributed by atoms with van der Waals surface area (Å²) in [5, 5.41) is 8.53. The molecule has 1 rings (SSSR count). The Bertz CT molecular complexity index is 324. The van der Waals surface area contributed by atoms with Gasteiger partial charge in [-0.2, -0.15) is 0 Å². The van der Waals surface area contributed by atoms with Gasteiger partial charge in [-0.3, -0.25) is 0 Å². The van der Waals surface area contributed by atoms with Gasteiger partial charge < -0.3 is 5.11 Å². The van der Waals surface area contributed by atoms with E-state index in [-0.39, 0.29) is 6.61 Å². The Morgan fingerprint density at radius 3 is 2.36 bits per heavy atom. The minimum Gasteiger partial charge on any atom is -0.384 e. The fourth-order valence-corrected chi connectivity index (χ4v) is 1.34. The Hall–Kier alpha value is -1.26. The topological polar surface area (TPSA) is 20.2 Å². The highest BCUT2D eigenvalue weighted by molar-refractivity contribution is 5.36. The quantitative estimate of drug-likeness (QED) is 0.706. The highest BCUT2D eigenvalue weighted by Crippen LogP contribution is 2.08. The number of aliphatic hydroxyl groups is 1. The molecule has 1 N–H and O–H groups in total. The fourth-order valence-electron chi connectivity index (χ4n) is 1.34. The molecule has 14 heavy (non-hydrogen) atoms. The fraction of sp³-hybridized carbons (Fsp3) is 0.385. The first kappa shape index (κ1) is 10.8. The molecule has 1 nitrogen and oxygen atoms in total. The maximum atomic E-state index is 8.53. The second-order valence-electron chi connectivity index (χ2n) is 3.75. The predicted octanol–water partition coefficient (Wildman–Crippen LogP) is 2.23. The van der Waals surface area contributed by atoms with E-state index in [1.165, 1.54) is 5.56 Å². The average molecular weight is 188 g/mol. The van der Waals surface area contributed by atoms with E-state index < -0.39 is 0 Å². The molecular formula is C13H16O. The third kappa shape index (κ3) is 3.64. The van der Waals surface area contributed by atoms with Crippen LogP contribution in [0.2, 0.25) is 0 Å². The Kier molecular flexibility index (Phi) is 4.22. The summed E-state index contributed by atoms with van der Waals surface area (Å²) >= 11 is 0. The second-order valence-corrected chi connectivity index (χ2v) is 3.75. The zero-order chi connectivity index (χ0) is 10.4. The molecule has 1 aromatic rings. The first-order chi connectivity index (χ1) is 6.72. The van der Waals surface area contributed by atoms with Crippen molar-refractivity contribution in [1.82, 2.24) is 0 Å². The zero-order valence-electron chi connectivity index (χ0n) is 8.75. The van der Waals surface area contributed by atoms with Gasteiger partial charge in [0.05, 0.1) is 0 Å². The minimum atomic E-state index is -0.0756. The van der Waals surface area contributed by atoms with Crippen LogP contribution in [0.4, 0.5) is 0 Å². The molecule has 0 spiro atoms. The lowest BCUT2D eigenvalue weighted by Gasteiger charge is -2.03. The van der Waals surface area contributed by atoms with Crippen LogP contribution in [-0.2, 0) is 6.42 Å². The first-order valence-corrected chi connectivity index (χ1v) is 4.91. The van der Waals surface area contributed by atoms with E-state index in [1.807, 2.05) is 12.1 Å². The molecule has 0 bridgehead atoms. The lowest BCUT2D eigenvalue weighted by molar-refractivity contribution is 0.350. The molecule has 0 amide bonds. The lowest BCUT2D eigenvalue weighted by atomic mass is 10.0. The molecule has 0 aliphatic heterocycles. The molecule has 0 fully saturated rings. The van der Waals surface area contributed by atoms with E-state index in [9.17, 15) is 0 Å². The van der Waals surface area contributed by atoms with Crippen molar-refractivity contribution in [2.75, 3.05) is 6.61 Å². The van der Waals surface area contributed by atoms with E-state index in [2.05, 4.69) is 37.8 Å². The van der Waals surface area contributed by atoms with Gasteiger partial charge >= 0.3 is 0 Å². The maximum Gasteiger partial charge on any atom is 0.104 e. The number of aliphatic hydroxyl groups excluding tert-OH is 1. The van der Waals surface area contributed by atoms with Crippen molar-refractivity contribution in [3.63, 3.8) is 0 Å². The summed E-state index contributed by atoms with van der Waals surface area (Å²) < 4.78 is 0. The van der Waals surface area contributed by atoms with Crippen LogP contribution in [0.1, 0.15) is 25.0 Å². The van der Waals surface area contributed by atoms with Crippen LogP contribution in [0.15, 0.2) is 24.3 Å². The van der Waals surface area contributed by atoms with Crippen molar-refractivity contribution < 1.29 is 5.11 Å². The number of benzene rings is 1. The van der Waals surface area contributed by atoms with Crippen molar-refractivity contribution in [3.8, 4) is 11.8 Å². The van der Waals surface area contributed by atoms with Crippen LogP contribution in [0.5, 0.6) is 0 Å². The lowest BCUT2D eigenvalue weighted by Crippen LogP contribution is -1.93. The number of hydrogen-bond acceptors (Lipinski definition) is 1. The molecule has 0 aromatic heterocycles. The van der Waals surface area contributed by atoms with Gasteiger partial charge in [0.15, 0.2) is 0 Å². The smallest absolute Gasteiger partial charge is 0.104 e. The van der Waals surface area contributed by atoms with Crippen molar-refractivity contribution in [1.29, 1.82) is 0 Å². The van der Waals surface area contributed by atoms with Gasteiger partial charge in [-0.05, 0) is 30.0 Å². The van der Waals surface area contributed by atoms with Gasteiger partial charge in [0, 0.05) is 5.56 Å². The zero-order valence-corrected chi connectivity index (χ0v) is 8.75. The van der Waals surface area contributed by atoms with Gasteiger partial charge in [-0.25, -0.2) is 0 Å². The normalized spacial score (nSPS) is 9.71. The molecule has 0 radical (unpaired) electrons. The van der Waals surface area contributed by atoms with Crippen molar-refractivity contribution >= 4 is 0 Å². The first-order valence-electron chi connectivity index (χ1n) is 4.91. The number of rotatable bonds is 2. The maximum absolute atomic E-state index is 8.53. The van der Waals surface area contributed by atoms with Crippen LogP contribution in [0.25, 0.3) is 0 Å². The van der Waals surface area contributed by atoms with Crippen LogP contribution < -0.4 is 0 Å². The molecule has 0 atom stereocenters. The summed E-state index contributed by atoms with van der Waals surface area (Å²) in [6.07, 6.45) is 1.10. The Labute approximate surface area is 85.8 Å². The largest absolute Gasteiger partial charge is 0.384 e. The van der Waals surface area contributed by atoms with Crippen LogP contribution >= 0.6 is 0 Å². The standard InChI is InChI=1S/C13H16O/c1-11(2)10-13-7-5-12(6-8-13)4-3-9-14/h5-8,11,14H,9-10H2,1-2H3. The van der Waals surface area contributed by atoms with Gasteiger partial charge in [-0.1, -0.05) is 37.8 Å². The monoisotopic (exact) mass is 188 g/mol. The molecule has 0 heterocycles. The molecule has 1 heteroatoms. The number of hydrogen-bond donors (Lipinski definition) is 1. The molecule has 0 aliphatic rings. The highest BCUT2D eigenvalue weighted by atomic mass is 16.2. The highest BCUT2D eigenvalue weighted by Gasteiger charge is 1.96. The van der Waals surface area contributed by atoms with Crippen LogP contribution in [0, 0.1) is 17.8 Å². The molecule has 0 aliphatic carbocycles. The Morgan fingerprint density at radius 2 is 1.86 bits per heavy atom. The van der Waals surface area contributed by atoms with Crippen molar-refractivity contribution in [2.45, 2.75) is 20.3 Å². The van der Waals surface area contributed by atoms with E-state index in [4.69, 9.17) is 5.11 Å². The van der Waals surface area contributed by atoms with Gasteiger partial charge in [0.1, 0.15) is 6.61 Å². The van der Waals surface area contributed by atoms with Crippen LogP contribution in [-0.4, -0.2) is 11.7 Å². The van der Waals surface area contributed by atoms with Crippen LogP contribution in [0.3, 0.4) is 0 Å². The molecule has 0 saturated carbocycles. The second kappa shape index (κ2) is 5.47. The molecule has 74 valence electrons. The predicted molar refractivity (Wildman–Crippen MR) is 58.9 cm³/mol. The Morgan fingerprint density at radius 1 is 1.21 bits per heavy atom. The summed E-state index contributed by atoms with van der Waals surface area (Å²) in [7, 11) is 0. The molecule has 0 saturated heterocycles. The van der Waals surface area contributed by atoms with Crippen molar-refractivity contribution in [3.05, 3.63) is 35.4 Å². The third-order valence-corrected chi connectivity index (χ3v) is 1.91. The summed E-state index contributed by atoms with van der Waals surface area (Å²) in [6.45, 7) is 4.34. The summed E-state index contributed by atoms with van der Waals surface area (Å²) in [5.41, 5.74) is 2.31. The summed E-state index contributed by atoms with van der Waals surface area (Å²) in [5.74, 6) is 6.19. The van der Waals surface area contributed by atoms with Crippen molar-refractivity contribution in [2.24, 2.45) is 5.92 Å². The SMILES string of the molecule is CC(C)Cc1ccc(C#CCO)cc1. The Balaban J connectivity index is 2.68. The van der Waals surface area contributed by atoms with E-state index in [1.54, 1.807) is 0 Å². The molecule has 0 unspecified atom stereocenters. The van der Waals surface area contributed by atoms with Gasteiger partial charge in [0.25, 0.3) is 0 Å². The minimum absolute atomic E-state index is 0.0756. The van der Waals surface area contributed by atoms with E-state index >= 15 is 0 Å². The van der Waals surface area contributed by atoms with E-state index in [0.717, 1.165) is 12.0 Å². The van der Waals surface area contributed by atoms with E-state index in [0.29, 0.717) is 5.92 Å². The molecular weight excluding hydrogens is 172 g/mol. The summed E-state index contributed by atoms with van der Waals surface area (Å²) in [4.78, 5) is 0.